The van der Waals surface area contributed by atoms with E-state index in [2.05, 4.69) is 20.8 Å². The molecule has 5 heteroatoms. The molecule has 0 aromatic heterocycles. The summed E-state index contributed by atoms with van der Waals surface area (Å²) in [6.45, 7) is 8.77. The predicted octanol–water partition coefficient (Wildman–Crippen LogP) is 14.8. The standard InChI is InChI=1S/C46H82O5/c1-5-8-11-14-17-20-23-26-29-32-37-49-43-40-42(35-36-45(47)48-4)46(51-39-34-31-28-25-22-19-16-13-10-7-3)44(41-43)50-38-33-30-27-24-21-18-15-12-9-6-2/h35-36,40-41H,5-34,37-39H2,1-4H3. The Balaban J connectivity index is 2.75. The molecule has 0 aliphatic carbocycles. The van der Waals surface area contributed by atoms with Gasteiger partial charge in [-0.1, -0.05) is 194 Å². The lowest BCUT2D eigenvalue weighted by molar-refractivity contribution is -0.134. The Morgan fingerprint density at radius 2 is 0.824 bits per heavy atom. The molecule has 5 nitrogen and oxygen atoms in total. The van der Waals surface area contributed by atoms with Crippen molar-refractivity contribution in [2.75, 3.05) is 26.9 Å². The van der Waals surface area contributed by atoms with Gasteiger partial charge in [0.05, 0.1) is 26.9 Å². The van der Waals surface area contributed by atoms with E-state index in [1.165, 1.54) is 180 Å². The Morgan fingerprint density at radius 1 is 0.471 bits per heavy atom. The number of rotatable bonds is 38. The first kappa shape index (κ1) is 46.9. The number of methoxy groups -OCH3 is 1. The maximum atomic E-state index is 12.1. The minimum atomic E-state index is -0.389. The molecule has 0 saturated heterocycles. The number of ether oxygens (including phenoxy) is 4. The minimum Gasteiger partial charge on any atom is -0.493 e. The Morgan fingerprint density at radius 3 is 1.22 bits per heavy atom. The summed E-state index contributed by atoms with van der Waals surface area (Å²) in [4.78, 5) is 12.1. The van der Waals surface area contributed by atoms with E-state index in [1.54, 1.807) is 6.08 Å². The Bertz CT molecular complexity index is 942. The summed E-state index contributed by atoms with van der Waals surface area (Å²) in [5.41, 5.74) is 0.797. The molecule has 51 heavy (non-hydrogen) atoms. The van der Waals surface area contributed by atoms with E-state index in [0.29, 0.717) is 31.3 Å². The highest BCUT2D eigenvalue weighted by molar-refractivity contribution is 5.88. The molecule has 0 bridgehead atoms. The highest BCUT2D eigenvalue weighted by atomic mass is 16.5. The van der Waals surface area contributed by atoms with Crippen molar-refractivity contribution in [3.05, 3.63) is 23.8 Å². The van der Waals surface area contributed by atoms with Gasteiger partial charge in [0.15, 0.2) is 11.5 Å². The minimum absolute atomic E-state index is 0.389. The van der Waals surface area contributed by atoms with Gasteiger partial charge in [0.2, 0.25) is 0 Å². The molecule has 296 valence electrons. The van der Waals surface area contributed by atoms with E-state index in [1.807, 2.05) is 12.1 Å². The molecule has 0 radical (unpaired) electrons. The van der Waals surface area contributed by atoms with E-state index < -0.39 is 0 Å². The van der Waals surface area contributed by atoms with Crippen molar-refractivity contribution >= 4 is 12.0 Å². The third-order valence-electron chi connectivity index (χ3n) is 9.92. The van der Waals surface area contributed by atoms with Crippen molar-refractivity contribution < 1.29 is 23.7 Å². The molecule has 0 fully saturated rings. The smallest absolute Gasteiger partial charge is 0.330 e. The third kappa shape index (κ3) is 28.1. The quantitative estimate of drug-likeness (QED) is 0.0388. The van der Waals surface area contributed by atoms with Gasteiger partial charge in [-0.15, -0.1) is 0 Å². The SMILES string of the molecule is CCCCCCCCCCCCOc1cc(C=CC(=O)OC)c(OCCCCCCCCCCCC)c(OCCCCCCCCCCCC)c1. The van der Waals surface area contributed by atoms with Gasteiger partial charge < -0.3 is 18.9 Å². The third-order valence-corrected chi connectivity index (χ3v) is 9.92. The largest absolute Gasteiger partial charge is 0.493 e. The average molecular weight is 715 g/mol. The monoisotopic (exact) mass is 715 g/mol. The number of hydrogen-bond donors (Lipinski definition) is 0. The first-order valence-corrected chi connectivity index (χ1v) is 22.0. The normalized spacial score (nSPS) is 11.4. The molecular formula is C46H82O5. The molecule has 0 saturated carbocycles. The second kappa shape index (κ2) is 36.2. The summed E-state index contributed by atoms with van der Waals surface area (Å²) in [5, 5.41) is 0. The van der Waals surface area contributed by atoms with E-state index in [4.69, 9.17) is 18.9 Å². The van der Waals surface area contributed by atoms with Gasteiger partial charge in [-0.3, -0.25) is 0 Å². The fraction of sp³-hybridized carbons (Fsp3) is 0.804. The molecule has 0 spiro atoms. The lowest BCUT2D eigenvalue weighted by Crippen LogP contribution is -2.06. The molecule has 0 atom stereocenters. The van der Waals surface area contributed by atoms with Gasteiger partial charge in [-0.05, 0) is 31.4 Å². The summed E-state index contributed by atoms with van der Waals surface area (Å²) >= 11 is 0. The van der Waals surface area contributed by atoms with Crippen LogP contribution in [0.2, 0.25) is 0 Å². The number of hydrogen-bond acceptors (Lipinski definition) is 5. The predicted molar refractivity (Wildman–Crippen MR) is 220 cm³/mol. The zero-order valence-electron chi connectivity index (χ0n) is 34.2. The van der Waals surface area contributed by atoms with Crippen molar-refractivity contribution in [3.8, 4) is 17.2 Å². The summed E-state index contributed by atoms with van der Waals surface area (Å²) < 4.78 is 24.0. The van der Waals surface area contributed by atoms with Crippen LogP contribution in [0.5, 0.6) is 17.2 Å². The van der Waals surface area contributed by atoms with Crippen molar-refractivity contribution in [1.29, 1.82) is 0 Å². The maximum absolute atomic E-state index is 12.1. The molecule has 0 aliphatic rings. The Labute approximate surface area is 316 Å². The van der Waals surface area contributed by atoms with Crippen LogP contribution in [0.25, 0.3) is 6.08 Å². The van der Waals surface area contributed by atoms with E-state index in [0.717, 1.165) is 37.0 Å². The first-order valence-electron chi connectivity index (χ1n) is 22.0. The van der Waals surface area contributed by atoms with Gasteiger partial charge in [-0.2, -0.15) is 0 Å². The average Bonchev–Trinajstić information content (AvgIpc) is 3.14. The van der Waals surface area contributed by atoms with Crippen LogP contribution in [-0.4, -0.2) is 32.9 Å². The zero-order valence-corrected chi connectivity index (χ0v) is 34.2. The molecule has 1 aromatic rings. The lowest BCUT2D eigenvalue weighted by atomic mass is 10.1. The van der Waals surface area contributed by atoms with Crippen LogP contribution in [0, 0.1) is 0 Å². The van der Waals surface area contributed by atoms with Crippen molar-refractivity contribution in [2.45, 2.75) is 213 Å². The van der Waals surface area contributed by atoms with Gasteiger partial charge in [0.1, 0.15) is 5.75 Å². The molecule has 1 rings (SSSR count). The first-order chi connectivity index (χ1) is 25.2. The lowest BCUT2D eigenvalue weighted by Gasteiger charge is -2.18. The van der Waals surface area contributed by atoms with Crippen LogP contribution in [0.3, 0.4) is 0 Å². The van der Waals surface area contributed by atoms with Crippen LogP contribution in [0.15, 0.2) is 18.2 Å². The van der Waals surface area contributed by atoms with Crippen LogP contribution in [0.1, 0.15) is 219 Å². The Hall–Kier alpha value is -2.17. The van der Waals surface area contributed by atoms with Crippen LogP contribution < -0.4 is 14.2 Å². The second-order valence-corrected chi connectivity index (χ2v) is 14.8. The van der Waals surface area contributed by atoms with E-state index >= 15 is 0 Å². The van der Waals surface area contributed by atoms with Gasteiger partial charge in [0, 0.05) is 17.7 Å². The van der Waals surface area contributed by atoms with Gasteiger partial charge in [0.25, 0.3) is 0 Å². The molecule has 1 aromatic carbocycles. The fourth-order valence-electron chi connectivity index (χ4n) is 6.61. The molecule has 0 heterocycles. The van der Waals surface area contributed by atoms with Gasteiger partial charge in [-0.25, -0.2) is 4.79 Å². The zero-order chi connectivity index (χ0) is 36.9. The van der Waals surface area contributed by atoms with Crippen molar-refractivity contribution in [1.82, 2.24) is 0 Å². The highest BCUT2D eigenvalue weighted by Crippen LogP contribution is 2.38. The van der Waals surface area contributed by atoms with Crippen LogP contribution >= 0.6 is 0 Å². The van der Waals surface area contributed by atoms with Crippen LogP contribution in [-0.2, 0) is 9.53 Å². The molecule has 0 amide bonds. The Kier molecular flexibility index (Phi) is 33.3. The second-order valence-electron chi connectivity index (χ2n) is 14.8. The summed E-state index contributed by atoms with van der Waals surface area (Å²) in [5.74, 6) is 1.78. The number of unbranched alkanes of at least 4 members (excludes halogenated alkanes) is 27. The number of carbonyl (C=O) groups excluding carboxylic acids is 1. The number of benzene rings is 1. The maximum Gasteiger partial charge on any atom is 0.330 e. The summed E-state index contributed by atoms with van der Waals surface area (Å²) in [7, 11) is 1.41. The molecular weight excluding hydrogens is 633 g/mol. The summed E-state index contributed by atoms with van der Waals surface area (Å²) in [6.07, 6.45) is 42.0. The van der Waals surface area contributed by atoms with E-state index in [-0.39, 0.29) is 5.97 Å². The fourth-order valence-corrected chi connectivity index (χ4v) is 6.61. The molecule has 0 N–H and O–H groups in total. The van der Waals surface area contributed by atoms with Crippen molar-refractivity contribution in [2.24, 2.45) is 0 Å². The number of carbonyl (C=O) groups is 1. The molecule has 0 aliphatic heterocycles. The number of esters is 1. The highest BCUT2D eigenvalue weighted by Gasteiger charge is 2.15. The topological polar surface area (TPSA) is 54.0 Å². The van der Waals surface area contributed by atoms with Crippen LogP contribution in [0.4, 0.5) is 0 Å². The summed E-state index contributed by atoms with van der Waals surface area (Å²) in [6, 6.07) is 3.98. The van der Waals surface area contributed by atoms with Crippen molar-refractivity contribution in [3.63, 3.8) is 0 Å². The van der Waals surface area contributed by atoms with E-state index in [9.17, 15) is 4.79 Å². The van der Waals surface area contributed by atoms with Gasteiger partial charge >= 0.3 is 5.97 Å². The molecule has 0 unspecified atom stereocenters.